The largest absolute Gasteiger partial charge is 0.457 e. The molecule has 1 amide bonds. The van der Waals surface area contributed by atoms with Crippen LogP contribution in [0.4, 0.5) is 5.69 Å². The van der Waals surface area contributed by atoms with Crippen molar-refractivity contribution in [1.29, 1.82) is 0 Å². The summed E-state index contributed by atoms with van der Waals surface area (Å²) < 4.78 is 5.77. The Kier molecular flexibility index (Phi) is 3.42. The number of rotatable bonds is 4. The first-order valence-corrected chi connectivity index (χ1v) is 6.86. The topological polar surface area (TPSA) is 38.3 Å². The second-order valence-electron chi connectivity index (χ2n) is 5.21. The fourth-order valence-electron chi connectivity index (χ4n) is 2.01. The number of nitrogens with one attached hydrogen (secondary N) is 1. The van der Waals surface area contributed by atoms with Crippen molar-refractivity contribution in [3.63, 3.8) is 0 Å². The summed E-state index contributed by atoms with van der Waals surface area (Å²) in [7, 11) is 0. The van der Waals surface area contributed by atoms with Crippen molar-refractivity contribution in [2.45, 2.75) is 19.8 Å². The van der Waals surface area contributed by atoms with Crippen molar-refractivity contribution in [2.75, 3.05) is 5.32 Å². The van der Waals surface area contributed by atoms with Crippen LogP contribution in [0.25, 0.3) is 0 Å². The predicted molar refractivity (Wildman–Crippen MR) is 79.0 cm³/mol. The lowest BCUT2D eigenvalue weighted by molar-refractivity contribution is -0.117. The molecule has 0 heterocycles. The average Bonchev–Trinajstić information content (AvgIpc) is 3.25. The van der Waals surface area contributed by atoms with Crippen LogP contribution in [0.1, 0.15) is 18.4 Å². The Balaban J connectivity index is 1.65. The number of hydrogen-bond donors (Lipinski definition) is 1. The molecular formula is C17H17NO2. The van der Waals surface area contributed by atoms with Gasteiger partial charge in [-0.1, -0.05) is 12.1 Å². The second-order valence-corrected chi connectivity index (χ2v) is 5.21. The molecule has 0 saturated heterocycles. The average molecular weight is 267 g/mol. The van der Waals surface area contributed by atoms with Crippen LogP contribution in [0.5, 0.6) is 11.5 Å². The molecule has 0 bridgehead atoms. The molecule has 102 valence electrons. The molecule has 2 aromatic rings. The van der Waals surface area contributed by atoms with Crippen molar-refractivity contribution >= 4 is 11.6 Å². The summed E-state index contributed by atoms with van der Waals surface area (Å²) in [5, 5.41) is 2.91. The Morgan fingerprint density at radius 1 is 1.10 bits per heavy atom. The summed E-state index contributed by atoms with van der Waals surface area (Å²) in [5.41, 5.74) is 1.98. The summed E-state index contributed by atoms with van der Waals surface area (Å²) >= 11 is 0. The van der Waals surface area contributed by atoms with E-state index in [0.29, 0.717) is 0 Å². The molecule has 0 aromatic heterocycles. The minimum Gasteiger partial charge on any atom is -0.457 e. The molecular weight excluding hydrogens is 250 g/mol. The van der Waals surface area contributed by atoms with Crippen LogP contribution in [-0.2, 0) is 4.79 Å². The van der Waals surface area contributed by atoms with Gasteiger partial charge in [-0.05, 0) is 61.7 Å². The number of hydrogen-bond acceptors (Lipinski definition) is 2. The highest BCUT2D eigenvalue weighted by Gasteiger charge is 2.29. The van der Waals surface area contributed by atoms with Gasteiger partial charge in [0.15, 0.2) is 0 Å². The van der Waals surface area contributed by atoms with Gasteiger partial charge in [0, 0.05) is 11.6 Å². The molecule has 0 radical (unpaired) electrons. The molecule has 2 aromatic carbocycles. The highest BCUT2D eigenvalue weighted by Crippen LogP contribution is 2.30. The van der Waals surface area contributed by atoms with Crippen LogP contribution in [-0.4, -0.2) is 5.91 Å². The van der Waals surface area contributed by atoms with Gasteiger partial charge in [-0.2, -0.15) is 0 Å². The number of carbonyl (C=O) groups is 1. The van der Waals surface area contributed by atoms with E-state index >= 15 is 0 Å². The number of aryl methyl sites for hydroxylation is 1. The van der Waals surface area contributed by atoms with E-state index in [-0.39, 0.29) is 11.8 Å². The van der Waals surface area contributed by atoms with Crippen molar-refractivity contribution in [2.24, 2.45) is 5.92 Å². The van der Waals surface area contributed by atoms with E-state index in [1.54, 1.807) is 0 Å². The summed E-state index contributed by atoms with van der Waals surface area (Å²) in [6, 6.07) is 15.4. The predicted octanol–water partition coefficient (Wildman–Crippen LogP) is 4.14. The van der Waals surface area contributed by atoms with Crippen LogP contribution in [0.2, 0.25) is 0 Å². The van der Waals surface area contributed by atoms with Gasteiger partial charge < -0.3 is 10.1 Å². The van der Waals surface area contributed by atoms with Gasteiger partial charge in [0.1, 0.15) is 11.5 Å². The Morgan fingerprint density at radius 3 is 2.50 bits per heavy atom. The maximum atomic E-state index is 11.6. The first-order valence-electron chi connectivity index (χ1n) is 6.86. The van der Waals surface area contributed by atoms with Gasteiger partial charge in [0.05, 0.1) is 0 Å². The SMILES string of the molecule is Cc1cccc(Oc2ccc(NC(=O)C3CC3)cc2)c1. The lowest BCUT2D eigenvalue weighted by Gasteiger charge is -2.08. The molecule has 1 aliphatic rings. The third-order valence-corrected chi connectivity index (χ3v) is 3.30. The van der Waals surface area contributed by atoms with Gasteiger partial charge >= 0.3 is 0 Å². The van der Waals surface area contributed by atoms with Crippen LogP contribution < -0.4 is 10.1 Å². The summed E-state index contributed by atoms with van der Waals surface area (Å²) in [4.78, 5) is 11.6. The van der Waals surface area contributed by atoms with E-state index in [9.17, 15) is 4.79 Å². The van der Waals surface area contributed by atoms with Gasteiger partial charge in [0.25, 0.3) is 0 Å². The number of carbonyl (C=O) groups excluding carboxylic acids is 1. The van der Waals surface area contributed by atoms with E-state index in [1.807, 2.05) is 55.5 Å². The Bertz CT molecular complexity index is 615. The monoisotopic (exact) mass is 267 g/mol. The van der Waals surface area contributed by atoms with Gasteiger partial charge in [0.2, 0.25) is 5.91 Å². The second kappa shape index (κ2) is 5.37. The van der Waals surface area contributed by atoms with Crippen LogP contribution in [0, 0.1) is 12.8 Å². The minimum atomic E-state index is 0.123. The van der Waals surface area contributed by atoms with Crippen molar-refractivity contribution < 1.29 is 9.53 Å². The first-order chi connectivity index (χ1) is 9.70. The molecule has 1 N–H and O–H groups in total. The molecule has 3 rings (SSSR count). The molecule has 0 spiro atoms. The van der Waals surface area contributed by atoms with Crippen molar-refractivity contribution in [1.82, 2.24) is 0 Å². The fraction of sp³-hybridized carbons (Fsp3) is 0.235. The Hall–Kier alpha value is -2.29. The molecule has 3 heteroatoms. The lowest BCUT2D eigenvalue weighted by atomic mass is 10.2. The molecule has 0 aliphatic heterocycles. The molecule has 1 aliphatic carbocycles. The van der Waals surface area contributed by atoms with Crippen molar-refractivity contribution in [3.05, 3.63) is 54.1 Å². The number of benzene rings is 2. The molecule has 1 fully saturated rings. The smallest absolute Gasteiger partial charge is 0.227 e. The summed E-state index contributed by atoms with van der Waals surface area (Å²) in [5.74, 6) is 1.93. The highest BCUT2D eigenvalue weighted by atomic mass is 16.5. The van der Waals surface area contributed by atoms with E-state index in [4.69, 9.17) is 4.74 Å². The van der Waals surface area contributed by atoms with Gasteiger partial charge in [-0.3, -0.25) is 4.79 Å². The third-order valence-electron chi connectivity index (χ3n) is 3.30. The molecule has 3 nitrogen and oxygen atoms in total. The van der Waals surface area contributed by atoms with Gasteiger partial charge in [-0.15, -0.1) is 0 Å². The minimum absolute atomic E-state index is 0.123. The molecule has 0 unspecified atom stereocenters. The first kappa shape index (κ1) is 12.7. The quantitative estimate of drug-likeness (QED) is 0.904. The number of ether oxygens (including phenoxy) is 1. The van der Waals surface area contributed by atoms with E-state index in [0.717, 1.165) is 35.6 Å². The zero-order valence-electron chi connectivity index (χ0n) is 11.4. The standard InChI is InChI=1S/C17H17NO2/c1-12-3-2-4-16(11-12)20-15-9-7-14(8-10-15)18-17(19)13-5-6-13/h2-4,7-11,13H,5-6H2,1H3,(H,18,19). The zero-order valence-corrected chi connectivity index (χ0v) is 11.4. The normalized spacial score (nSPS) is 13.8. The van der Waals surface area contributed by atoms with Gasteiger partial charge in [-0.25, -0.2) is 0 Å². The fourth-order valence-corrected chi connectivity index (χ4v) is 2.01. The molecule has 1 saturated carbocycles. The maximum absolute atomic E-state index is 11.6. The zero-order chi connectivity index (χ0) is 13.9. The number of anilines is 1. The Labute approximate surface area is 118 Å². The lowest BCUT2D eigenvalue weighted by Crippen LogP contribution is -2.12. The van der Waals surface area contributed by atoms with Crippen molar-refractivity contribution in [3.8, 4) is 11.5 Å². The summed E-state index contributed by atoms with van der Waals surface area (Å²) in [6.45, 7) is 2.03. The van der Waals surface area contributed by atoms with Crippen LogP contribution in [0.15, 0.2) is 48.5 Å². The van der Waals surface area contributed by atoms with Crippen LogP contribution >= 0.6 is 0 Å². The Morgan fingerprint density at radius 2 is 1.85 bits per heavy atom. The summed E-state index contributed by atoms with van der Waals surface area (Å²) in [6.07, 6.45) is 2.03. The van der Waals surface area contributed by atoms with E-state index < -0.39 is 0 Å². The molecule has 0 atom stereocenters. The van der Waals surface area contributed by atoms with Crippen LogP contribution in [0.3, 0.4) is 0 Å². The third kappa shape index (κ3) is 3.18. The maximum Gasteiger partial charge on any atom is 0.227 e. The molecule has 20 heavy (non-hydrogen) atoms. The van der Waals surface area contributed by atoms with E-state index in [2.05, 4.69) is 5.32 Å². The number of amides is 1. The van der Waals surface area contributed by atoms with E-state index in [1.165, 1.54) is 0 Å². The highest BCUT2D eigenvalue weighted by molar-refractivity contribution is 5.94.